The molecule has 2 aromatic heterocycles. The van der Waals surface area contributed by atoms with Gasteiger partial charge in [-0.1, -0.05) is 36.0 Å². The molecule has 0 saturated carbocycles. The van der Waals surface area contributed by atoms with Crippen molar-refractivity contribution >= 4 is 33.5 Å². The molecule has 0 spiro atoms. The molecule has 0 amide bonds. The fourth-order valence-electron chi connectivity index (χ4n) is 3.98. The van der Waals surface area contributed by atoms with Crippen molar-refractivity contribution < 1.29 is 4.74 Å². The van der Waals surface area contributed by atoms with Crippen LogP contribution in [-0.2, 0) is 4.74 Å². The summed E-state index contributed by atoms with van der Waals surface area (Å²) in [5.74, 6) is 0.765. The van der Waals surface area contributed by atoms with Crippen LogP contribution >= 0.6 is 11.8 Å². The van der Waals surface area contributed by atoms with Crippen LogP contribution < -0.4 is 5.56 Å². The molecule has 4 heterocycles. The number of aromatic nitrogens is 3. The van der Waals surface area contributed by atoms with E-state index in [9.17, 15) is 4.79 Å². The highest BCUT2D eigenvalue weighted by Crippen LogP contribution is 2.46. The minimum atomic E-state index is -0.110. The molecule has 3 aromatic rings. The average Bonchev–Trinajstić information content (AvgIpc) is 3.04. The monoisotopic (exact) mass is 380 g/mol. The highest BCUT2D eigenvalue weighted by Gasteiger charge is 2.33. The second kappa shape index (κ2) is 6.65. The highest BCUT2D eigenvalue weighted by molar-refractivity contribution is 8.14. The maximum atomic E-state index is 12.9. The van der Waals surface area contributed by atoms with E-state index < -0.39 is 0 Å². The van der Waals surface area contributed by atoms with Crippen molar-refractivity contribution in [3.05, 3.63) is 58.0 Å². The largest absolute Gasteiger partial charge is 0.381 e. The van der Waals surface area contributed by atoms with Gasteiger partial charge < -0.3 is 4.74 Å². The van der Waals surface area contributed by atoms with Crippen molar-refractivity contribution in [1.29, 1.82) is 0 Å². The van der Waals surface area contributed by atoms with Gasteiger partial charge in [-0.25, -0.2) is 4.99 Å². The molecule has 0 bridgehead atoms. The lowest BCUT2D eigenvalue weighted by Crippen LogP contribution is -2.21. The standard InChI is InChI=1S/C20H20N4O2S/c1-12-22-19-16(20(25)23-24(19)14-7-10-26-11-8-14)18(27-12)15-6-2-4-13-5-3-9-21-17(13)15/h2-6,9,14,18H,7-8,10-11H2,1H3,(H,23,25)/t18-/m0/s1. The van der Waals surface area contributed by atoms with Gasteiger partial charge >= 0.3 is 0 Å². The molecule has 138 valence electrons. The van der Waals surface area contributed by atoms with E-state index in [-0.39, 0.29) is 16.9 Å². The number of ether oxygens (including phenoxy) is 1. The van der Waals surface area contributed by atoms with Crippen LogP contribution in [0, 0.1) is 0 Å². The fourth-order valence-corrected chi connectivity index (χ4v) is 5.10. The van der Waals surface area contributed by atoms with Crippen molar-refractivity contribution in [1.82, 2.24) is 14.8 Å². The molecule has 2 aliphatic heterocycles. The molecule has 0 radical (unpaired) electrons. The first-order chi connectivity index (χ1) is 13.2. The quantitative estimate of drug-likeness (QED) is 0.730. The zero-order chi connectivity index (χ0) is 18.4. The fraction of sp³-hybridized carbons (Fsp3) is 0.350. The maximum Gasteiger partial charge on any atom is 0.271 e. The molecule has 1 aromatic carbocycles. The Kier molecular flexibility index (Phi) is 4.13. The minimum Gasteiger partial charge on any atom is -0.381 e. The summed E-state index contributed by atoms with van der Waals surface area (Å²) in [6.45, 7) is 3.44. The molecule has 1 fully saturated rings. The van der Waals surface area contributed by atoms with Gasteiger partial charge in [0.25, 0.3) is 5.56 Å². The summed E-state index contributed by atoms with van der Waals surface area (Å²) in [6, 6.07) is 10.4. The topological polar surface area (TPSA) is 72.3 Å². The molecular formula is C20H20N4O2S. The molecule has 1 saturated heterocycles. The smallest absolute Gasteiger partial charge is 0.271 e. The Morgan fingerprint density at radius 2 is 2.04 bits per heavy atom. The van der Waals surface area contributed by atoms with Gasteiger partial charge in [-0.2, -0.15) is 0 Å². The summed E-state index contributed by atoms with van der Waals surface area (Å²) < 4.78 is 7.45. The number of hydrogen-bond donors (Lipinski definition) is 1. The van der Waals surface area contributed by atoms with Crippen LogP contribution in [0.4, 0.5) is 5.82 Å². The van der Waals surface area contributed by atoms with Crippen LogP contribution in [0.25, 0.3) is 10.9 Å². The lowest BCUT2D eigenvalue weighted by Gasteiger charge is -2.26. The maximum absolute atomic E-state index is 12.9. The van der Waals surface area contributed by atoms with Gasteiger partial charge in [0.2, 0.25) is 0 Å². The van der Waals surface area contributed by atoms with Gasteiger partial charge in [-0.3, -0.25) is 19.6 Å². The lowest BCUT2D eigenvalue weighted by atomic mass is 10.0. The summed E-state index contributed by atoms with van der Waals surface area (Å²) in [7, 11) is 0. The van der Waals surface area contributed by atoms with Crippen molar-refractivity contribution in [3.63, 3.8) is 0 Å². The van der Waals surface area contributed by atoms with Crippen LogP contribution in [0.15, 0.2) is 46.3 Å². The Morgan fingerprint density at radius 1 is 1.22 bits per heavy atom. The number of benzene rings is 1. The normalized spacial score (nSPS) is 20.5. The third-order valence-corrected chi connectivity index (χ3v) is 6.41. The Morgan fingerprint density at radius 3 is 2.89 bits per heavy atom. The number of thioether (sulfide) groups is 1. The molecule has 5 rings (SSSR count). The predicted octanol–water partition coefficient (Wildman–Crippen LogP) is 3.96. The molecule has 27 heavy (non-hydrogen) atoms. The molecule has 6 nitrogen and oxygen atoms in total. The van der Waals surface area contributed by atoms with E-state index >= 15 is 0 Å². The first-order valence-electron chi connectivity index (χ1n) is 9.20. The van der Waals surface area contributed by atoms with Crippen molar-refractivity contribution in [2.75, 3.05) is 13.2 Å². The van der Waals surface area contributed by atoms with Crippen LogP contribution in [0.5, 0.6) is 0 Å². The van der Waals surface area contributed by atoms with Crippen LogP contribution in [0.3, 0.4) is 0 Å². The Balaban J connectivity index is 1.68. The van der Waals surface area contributed by atoms with Gasteiger partial charge in [0.15, 0.2) is 5.82 Å². The summed E-state index contributed by atoms with van der Waals surface area (Å²) in [5.41, 5.74) is 2.67. The predicted molar refractivity (Wildman–Crippen MR) is 108 cm³/mol. The van der Waals surface area contributed by atoms with Gasteiger partial charge in [0.05, 0.1) is 27.4 Å². The summed E-state index contributed by atoms with van der Waals surface area (Å²) in [5, 5.41) is 4.99. The first kappa shape index (κ1) is 16.8. The van der Waals surface area contributed by atoms with E-state index in [1.165, 1.54) is 0 Å². The number of H-pyrrole nitrogens is 1. The molecule has 7 heteroatoms. The molecule has 0 unspecified atom stereocenters. The molecule has 1 N–H and O–H groups in total. The second-order valence-corrected chi connectivity index (χ2v) is 8.24. The SMILES string of the molecule is CC1=Nc2c(c(=O)[nH]n2C2CCOCC2)[C@H](c2cccc3cccnc23)S1. The number of pyridine rings is 1. The highest BCUT2D eigenvalue weighted by atomic mass is 32.2. The minimum absolute atomic E-state index is 0.0572. The van der Waals surface area contributed by atoms with E-state index in [2.05, 4.69) is 28.3 Å². The number of rotatable bonds is 2. The molecular weight excluding hydrogens is 360 g/mol. The number of aliphatic imine (C=N–C) groups is 1. The van der Waals surface area contributed by atoms with Crippen LogP contribution in [0.1, 0.15) is 42.2 Å². The summed E-state index contributed by atoms with van der Waals surface area (Å²) in [6.07, 6.45) is 3.58. The number of hydrogen-bond acceptors (Lipinski definition) is 5. The number of fused-ring (bicyclic) bond motifs is 2. The van der Waals surface area contributed by atoms with Gasteiger partial charge in [0.1, 0.15) is 0 Å². The van der Waals surface area contributed by atoms with Gasteiger partial charge in [0, 0.05) is 24.8 Å². The number of aromatic amines is 1. The van der Waals surface area contributed by atoms with Crippen molar-refractivity contribution in [2.45, 2.75) is 31.1 Å². The number of nitrogens with zero attached hydrogens (tertiary/aromatic N) is 3. The van der Waals surface area contributed by atoms with Gasteiger partial charge in [-0.15, -0.1) is 0 Å². The van der Waals surface area contributed by atoms with Crippen LogP contribution in [0.2, 0.25) is 0 Å². The third kappa shape index (κ3) is 2.82. The van der Waals surface area contributed by atoms with Crippen LogP contribution in [-0.4, -0.2) is 33.0 Å². The Hall–Kier alpha value is -2.38. The van der Waals surface area contributed by atoms with E-state index in [1.807, 2.05) is 23.7 Å². The summed E-state index contributed by atoms with van der Waals surface area (Å²) in [4.78, 5) is 22.3. The summed E-state index contributed by atoms with van der Waals surface area (Å²) >= 11 is 1.62. The Bertz CT molecular complexity index is 1090. The van der Waals surface area contributed by atoms with E-state index in [0.717, 1.165) is 45.7 Å². The van der Waals surface area contributed by atoms with Gasteiger partial charge in [-0.05, 0) is 31.4 Å². The van der Waals surface area contributed by atoms with Crippen molar-refractivity contribution in [3.8, 4) is 0 Å². The van der Waals surface area contributed by atoms with E-state index in [4.69, 9.17) is 9.73 Å². The molecule has 0 aliphatic carbocycles. The lowest BCUT2D eigenvalue weighted by molar-refractivity contribution is 0.0666. The molecule has 1 atom stereocenters. The van der Waals surface area contributed by atoms with Crippen molar-refractivity contribution in [2.24, 2.45) is 4.99 Å². The van der Waals surface area contributed by atoms with E-state index in [0.29, 0.717) is 13.2 Å². The third-order valence-electron chi connectivity index (χ3n) is 5.25. The number of nitrogens with one attached hydrogen (secondary N) is 1. The second-order valence-electron chi connectivity index (χ2n) is 6.94. The Labute approximate surface area is 160 Å². The zero-order valence-electron chi connectivity index (χ0n) is 15.0. The first-order valence-corrected chi connectivity index (χ1v) is 10.1. The molecule has 2 aliphatic rings. The number of para-hydroxylation sites is 1. The average molecular weight is 380 g/mol. The zero-order valence-corrected chi connectivity index (χ0v) is 15.8. The van der Waals surface area contributed by atoms with E-state index in [1.54, 1.807) is 18.0 Å².